The molecule has 3 rings (SSSR count). The van der Waals surface area contributed by atoms with Gasteiger partial charge in [-0.1, -0.05) is 41.1 Å². The molecule has 1 N–H and O–H groups in total. The van der Waals surface area contributed by atoms with E-state index in [0.717, 1.165) is 33.3 Å². The summed E-state index contributed by atoms with van der Waals surface area (Å²) in [5, 5.41) is 2.89. The van der Waals surface area contributed by atoms with E-state index in [-0.39, 0.29) is 11.8 Å². The minimum atomic E-state index is -0.237. The number of aromatic nitrogens is 2. The van der Waals surface area contributed by atoms with E-state index >= 15 is 0 Å². The lowest BCUT2D eigenvalue weighted by atomic mass is 10.1. The van der Waals surface area contributed by atoms with Crippen LogP contribution in [0.5, 0.6) is 0 Å². The first-order chi connectivity index (χ1) is 14.8. The quantitative estimate of drug-likeness (QED) is 0.504. The van der Waals surface area contributed by atoms with Crippen molar-refractivity contribution in [1.29, 1.82) is 0 Å². The largest absolute Gasteiger partial charge is 0.339 e. The molecule has 1 heterocycles. The molecule has 0 fully saturated rings. The number of nitrogens with zero attached hydrogens (tertiary/aromatic N) is 3. The van der Waals surface area contributed by atoms with Gasteiger partial charge < -0.3 is 9.47 Å². The predicted molar refractivity (Wildman–Crippen MR) is 127 cm³/mol. The molecule has 0 saturated carbocycles. The predicted octanol–water partition coefficient (Wildman–Crippen LogP) is 5.17. The van der Waals surface area contributed by atoms with Crippen molar-refractivity contribution in [2.24, 2.45) is 7.05 Å². The lowest BCUT2D eigenvalue weighted by Gasteiger charge is -2.20. The molecule has 0 spiro atoms. The van der Waals surface area contributed by atoms with Gasteiger partial charge in [0.15, 0.2) is 0 Å². The Bertz CT molecular complexity index is 1110. The fraction of sp³-hybridized carbons (Fsp3) is 0.292. The summed E-state index contributed by atoms with van der Waals surface area (Å²) in [4.78, 5) is 30.9. The third-order valence-electron chi connectivity index (χ3n) is 5.17. The Morgan fingerprint density at radius 2 is 1.97 bits per heavy atom. The van der Waals surface area contributed by atoms with Crippen LogP contribution in [0.2, 0.25) is 0 Å². The molecule has 0 radical (unpaired) electrons. The van der Waals surface area contributed by atoms with E-state index in [1.807, 2.05) is 55.8 Å². The lowest BCUT2D eigenvalue weighted by molar-refractivity contribution is -0.129. The summed E-state index contributed by atoms with van der Waals surface area (Å²) in [6.45, 7) is 6.82. The van der Waals surface area contributed by atoms with Crippen molar-refractivity contribution in [3.05, 3.63) is 69.8 Å². The molecule has 1 aromatic heterocycles. The average Bonchev–Trinajstić information content (AvgIpc) is 3.10. The number of anilines is 1. The zero-order valence-electron chi connectivity index (χ0n) is 18.3. The second kappa shape index (κ2) is 9.92. The molecule has 2 amide bonds. The zero-order valence-corrected chi connectivity index (χ0v) is 19.9. The van der Waals surface area contributed by atoms with Gasteiger partial charge in [0, 0.05) is 42.7 Å². The molecular formula is C24H27BrN4O2. The summed E-state index contributed by atoms with van der Waals surface area (Å²) in [6.07, 6.45) is 2.64. The number of nitrogens with one attached hydrogen (secondary N) is 1. The molecule has 6 nitrogen and oxygen atoms in total. The van der Waals surface area contributed by atoms with Crippen molar-refractivity contribution in [3.8, 4) is 11.3 Å². The molecule has 2 aromatic carbocycles. The first-order valence-corrected chi connectivity index (χ1v) is 11.0. The van der Waals surface area contributed by atoms with Crippen LogP contribution in [0, 0.1) is 6.92 Å². The third kappa shape index (κ3) is 5.41. The summed E-state index contributed by atoms with van der Waals surface area (Å²) < 4.78 is 2.91. The summed E-state index contributed by atoms with van der Waals surface area (Å²) in [5.74, 6) is 0.265. The Morgan fingerprint density at radius 1 is 1.19 bits per heavy atom. The maximum Gasteiger partial charge on any atom is 0.257 e. The van der Waals surface area contributed by atoms with E-state index in [1.54, 1.807) is 24.1 Å². The van der Waals surface area contributed by atoms with Crippen molar-refractivity contribution in [3.63, 3.8) is 0 Å². The minimum absolute atomic E-state index is 0.0282. The molecule has 0 aliphatic rings. The monoisotopic (exact) mass is 482 g/mol. The number of hydrogen-bond acceptors (Lipinski definition) is 3. The Balaban J connectivity index is 1.77. The van der Waals surface area contributed by atoms with Crippen LogP contribution in [0.1, 0.15) is 41.8 Å². The van der Waals surface area contributed by atoms with Crippen LogP contribution in [-0.4, -0.2) is 32.8 Å². The Hall–Kier alpha value is -2.93. The average molecular weight is 483 g/mol. The van der Waals surface area contributed by atoms with Crippen LogP contribution >= 0.6 is 15.9 Å². The van der Waals surface area contributed by atoms with Crippen LogP contribution in [0.25, 0.3) is 11.3 Å². The highest BCUT2D eigenvalue weighted by atomic mass is 79.9. The number of benzene rings is 2. The Labute approximate surface area is 191 Å². The molecule has 0 unspecified atom stereocenters. The second-order valence-corrected chi connectivity index (χ2v) is 8.44. The summed E-state index contributed by atoms with van der Waals surface area (Å²) in [6, 6.07) is 13.4. The van der Waals surface area contributed by atoms with Gasteiger partial charge in [0.1, 0.15) is 0 Å². The summed E-state index contributed by atoms with van der Waals surface area (Å²) in [7, 11) is 1.88. The molecule has 0 aliphatic heterocycles. The molecule has 0 atom stereocenters. The van der Waals surface area contributed by atoms with E-state index in [4.69, 9.17) is 0 Å². The molecule has 162 valence electrons. The number of amides is 2. The molecule has 0 bridgehead atoms. The van der Waals surface area contributed by atoms with Gasteiger partial charge in [0.05, 0.1) is 11.9 Å². The normalized spacial score (nSPS) is 10.7. The molecule has 0 saturated heterocycles. The molecule has 31 heavy (non-hydrogen) atoms. The minimum Gasteiger partial charge on any atom is -0.339 e. The van der Waals surface area contributed by atoms with Crippen molar-refractivity contribution < 1.29 is 9.59 Å². The lowest BCUT2D eigenvalue weighted by Crippen LogP contribution is -2.29. The Morgan fingerprint density at radius 3 is 2.65 bits per heavy atom. The smallest absolute Gasteiger partial charge is 0.257 e. The fourth-order valence-corrected chi connectivity index (χ4v) is 3.67. The highest BCUT2D eigenvalue weighted by molar-refractivity contribution is 9.10. The summed E-state index contributed by atoms with van der Waals surface area (Å²) >= 11 is 3.52. The van der Waals surface area contributed by atoms with E-state index in [2.05, 4.69) is 32.3 Å². The van der Waals surface area contributed by atoms with Crippen LogP contribution in [-0.2, 0) is 18.4 Å². The van der Waals surface area contributed by atoms with Crippen molar-refractivity contribution in [2.75, 3.05) is 11.9 Å². The SMILES string of the molecule is CCCN(Cc1cccc(C(=O)Nc2ncc(-c3ccc(Br)c(C)c3)n2C)c1)C(C)=O. The van der Waals surface area contributed by atoms with Gasteiger partial charge in [-0.05, 0) is 48.7 Å². The number of rotatable bonds is 7. The van der Waals surface area contributed by atoms with Gasteiger partial charge in [-0.15, -0.1) is 0 Å². The number of imidazole rings is 1. The number of carbonyl (C=O) groups excluding carboxylic acids is 2. The fourth-order valence-electron chi connectivity index (χ4n) is 3.42. The standard InChI is InChI=1S/C24H27BrN4O2/c1-5-11-29(17(3)30)15-18-7-6-8-20(13-18)23(31)27-24-26-14-22(28(24)4)19-9-10-21(25)16(2)12-19/h6-10,12-14H,5,11,15H2,1-4H3,(H,26,27,31). The maximum absolute atomic E-state index is 12.9. The third-order valence-corrected chi connectivity index (χ3v) is 6.06. The van der Waals surface area contributed by atoms with Gasteiger partial charge in [0.25, 0.3) is 5.91 Å². The van der Waals surface area contributed by atoms with Gasteiger partial charge in [-0.25, -0.2) is 4.98 Å². The molecular weight excluding hydrogens is 456 g/mol. The number of hydrogen-bond donors (Lipinski definition) is 1. The topological polar surface area (TPSA) is 67.2 Å². The first-order valence-electron chi connectivity index (χ1n) is 10.2. The van der Waals surface area contributed by atoms with Gasteiger partial charge in [-0.2, -0.15) is 0 Å². The van der Waals surface area contributed by atoms with Crippen molar-refractivity contribution in [1.82, 2.24) is 14.5 Å². The highest BCUT2D eigenvalue weighted by Gasteiger charge is 2.15. The van der Waals surface area contributed by atoms with E-state index in [9.17, 15) is 9.59 Å². The Kier molecular flexibility index (Phi) is 7.28. The summed E-state index contributed by atoms with van der Waals surface area (Å²) in [5.41, 5.74) is 4.52. The number of carbonyl (C=O) groups is 2. The van der Waals surface area contributed by atoms with Crippen LogP contribution in [0.3, 0.4) is 0 Å². The first kappa shape index (κ1) is 22.7. The van der Waals surface area contributed by atoms with Crippen LogP contribution in [0.15, 0.2) is 53.1 Å². The zero-order chi connectivity index (χ0) is 22.5. The van der Waals surface area contributed by atoms with Gasteiger partial charge in [0.2, 0.25) is 11.9 Å². The second-order valence-electron chi connectivity index (χ2n) is 7.59. The highest BCUT2D eigenvalue weighted by Crippen LogP contribution is 2.26. The van der Waals surface area contributed by atoms with Crippen LogP contribution < -0.4 is 5.32 Å². The van der Waals surface area contributed by atoms with Crippen molar-refractivity contribution in [2.45, 2.75) is 33.7 Å². The maximum atomic E-state index is 12.9. The van der Waals surface area contributed by atoms with Crippen LogP contribution in [0.4, 0.5) is 5.95 Å². The van der Waals surface area contributed by atoms with Crippen molar-refractivity contribution >= 4 is 33.7 Å². The van der Waals surface area contributed by atoms with Gasteiger partial charge >= 0.3 is 0 Å². The molecule has 3 aromatic rings. The van der Waals surface area contributed by atoms with E-state index in [0.29, 0.717) is 24.6 Å². The number of halogens is 1. The number of aryl methyl sites for hydroxylation is 1. The van der Waals surface area contributed by atoms with Gasteiger partial charge in [-0.3, -0.25) is 14.9 Å². The molecule has 7 heteroatoms. The van der Waals surface area contributed by atoms with E-state index in [1.165, 1.54) is 0 Å². The molecule has 0 aliphatic carbocycles. The van der Waals surface area contributed by atoms with E-state index < -0.39 is 0 Å².